The van der Waals surface area contributed by atoms with Crippen molar-refractivity contribution in [2.75, 3.05) is 25.9 Å². The number of carbonyl (C=O) groups excluding carboxylic acids is 2. The third-order valence-corrected chi connectivity index (χ3v) is 3.38. The fraction of sp³-hybridized carbons (Fsp3) is 0.545. The summed E-state index contributed by atoms with van der Waals surface area (Å²) < 4.78 is 0. The average molecular weight is 270 g/mol. The second-order valence-electron chi connectivity index (χ2n) is 3.87. The van der Waals surface area contributed by atoms with E-state index < -0.39 is 0 Å². The Morgan fingerprint density at radius 3 is 2.61 bits per heavy atom. The highest BCUT2D eigenvalue weighted by Gasteiger charge is 2.22. The summed E-state index contributed by atoms with van der Waals surface area (Å²) in [7, 11) is 1.55. The molecular formula is C11H18N4O2S. The van der Waals surface area contributed by atoms with Gasteiger partial charge in [-0.2, -0.15) is 0 Å². The van der Waals surface area contributed by atoms with Crippen LogP contribution in [-0.4, -0.2) is 41.8 Å². The van der Waals surface area contributed by atoms with Crippen molar-refractivity contribution in [3.63, 3.8) is 0 Å². The van der Waals surface area contributed by atoms with Gasteiger partial charge in [-0.15, -0.1) is 0 Å². The van der Waals surface area contributed by atoms with Gasteiger partial charge in [0.2, 0.25) is 5.91 Å². The lowest BCUT2D eigenvalue weighted by atomic mass is 10.3. The molecular weight excluding hydrogens is 252 g/mol. The SMILES string of the molecule is CCCN(CC(=O)NC)C(=O)c1sc(N)nc1C. The highest BCUT2D eigenvalue weighted by molar-refractivity contribution is 7.17. The molecule has 18 heavy (non-hydrogen) atoms. The molecule has 0 aliphatic heterocycles. The molecule has 1 aromatic heterocycles. The predicted molar refractivity (Wildman–Crippen MR) is 71.5 cm³/mol. The normalized spacial score (nSPS) is 10.2. The number of aromatic nitrogens is 1. The first-order chi connectivity index (χ1) is 8.49. The van der Waals surface area contributed by atoms with Crippen molar-refractivity contribution in [3.8, 4) is 0 Å². The Morgan fingerprint density at radius 1 is 1.50 bits per heavy atom. The molecule has 0 aliphatic rings. The summed E-state index contributed by atoms with van der Waals surface area (Å²) in [5.74, 6) is -0.376. The van der Waals surface area contributed by atoms with E-state index in [0.29, 0.717) is 22.2 Å². The van der Waals surface area contributed by atoms with Crippen LogP contribution in [0.1, 0.15) is 28.7 Å². The van der Waals surface area contributed by atoms with Gasteiger partial charge in [0.1, 0.15) is 4.88 Å². The van der Waals surface area contributed by atoms with Gasteiger partial charge in [0.05, 0.1) is 12.2 Å². The molecule has 7 heteroatoms. The summed E-state index contributed by atoms with van der Waals surface area (Å²) in [5, 5.41) is 2.88. The molecule has 0 aromatic carbocycles. The zero-order valence-electron chi connectivity index (χ0n) is 10.8. The van der Waals surface area contributed by atoms with E-state index in [4.69, 9.17) is 5.73 Å². The summed E-state index contributed by atoms with van der Waals surface area (Å²) in [6, 6.07) is 0. The van der Waals surface area contributed by atoms with Crippen molar-refractivity contribution in [2.45, 2.75) is 20.3 Å². The maximum atomic E-state index is 12.3. The van der Waals surface area contributed by atoms with Crippen molar-refractivity contribution in [2.24, 2.45) is 0 Å². The second-order valence-corrected chi connectivity index (χ2v) is 4.90. The van der Waals surface area contributed by atoms with Gasteiger partial charge in [-0.05, 0) is 13.3 Å². The van der Waals surface area contributed by atoms with E-state index >= 15 is 0 Å². The summed E-state index contributed by atoms with van der Waals surface area (Å²) in [4.78, 5) is 29.7. The summed E-state index contributed by atoms with van der Waals surface area (Å²) in [6.45, 7) is 4.28. The van der Waals surface area contributed by atoms with Crippen LogP contribution in [0.4, 0.5) is 5.13 Å². The Labute approximate surface area is 110 Å². The molecule has 0 fully saturated rings. The number of amides is 2. The molecule has 0 aliphatic carbocycles. The zero-order chi connectivity index (χ0) is 13.7. The standard InChI is InChI=1S/C11H18N4O2S/c1-4-5-15(6-8(16)13-3)10(17)9-7(2)14-11(12)18-9/h4-6H2,1-3H3,(H2,12,14)(H,13,16). The number of likely N-dealkylation sites (N-methyl/N-ethyl adjacent to an activating group) is 1. The minimum atomic E-state index is -0.188. The van der Waals surface area contributed by atoms with Crippen LogP contribution in [0.3, 0.4) is 0 Å². The lowest BCUT2D eigenvalue weighted by Gasteiger charge is -2.20. The number of rotatable bonds is 5. The van der Waals surface area contributed by atoms with E-state index in [2.05, 4.69) is 10.3 Å². The maximum Gasteiger partial charge on any atom is 0.266 e. The molecule has 1 heterocycles. The highest BCUT2D eigenvalue weighted by atomic mass is 32.1. The highest BCUT2D eigenvalue weighted by Crippen LogP contribution is 2.21. The quantitative estimate of drug-likeness (QED) is 0.821. The molecule has 0 bridgehead atoms. The maximum absolute atomic E-state index is 12.3. The van der Waals surface area contributed by atoms with Gasteiger partial charge >= 0.3 is 0 Å². The minimum absolute atomic E-state index is 0.0560. The molecule has 0 radical (unpaired) electrons. The van der Waals surface area contributed by atoms with Crippen LogP contribution in [0.2, 0.25) is 0 Å². The zero-order valence-corrected chi connectivity index (χ0v) is 11.6. The molecule has 3 N–H and O–H groups in total. The molecule has 6 nitrogen and oxygen atoms in total. The van der Waals surface area contributed by atoms with Gasteiger partial charge in [-0.25, -0.2) is 4.98 Å². The van der Waals surface area contributed by atoms with E-state index in [1.54, 1.807) is 14.0 Å². The van der Waals surface area contributed by atoms with Crippen LogP contribution in [0.15, 0.2) is 0 Å². The number of aryl methyl sites for hydroxylation is 1. The number of nitrogens with two attached hydrogens (primary N) is 1. The van der Waals surface area contributed by atoms with Crippen molar-refractivity contribution < 1.29 is 9.59 Å². The lowest BCUT2D eigenvalue weighted by Crippen LogP contribution is -2.40. The van der Waals surface area contributed by atoms with Crippen LogP contribution in [-0.2, 0) is 4.79 Å². The Kier molecular flexibility index (Phi) is 5.08. The van der Waals surface area contributed by atoms with Crippen molar-refractivity contribution in [1.29, 1.82) is 0 Å². The summed E-state index contributed by atoms with van der Waals surface area (Å²) >= 11 is 1.16. The van der Waals surface area contributed by atoms with Gasteiger partial charge < -0.3 is 16.0 Å². The number of nitrogen functional groups attached to an aromatic ring is 1. The lowest BCUT2D eigenvalue weighted by molar-refractivity contribution is -0.121. The first kappa shape index (κ1) is 14.4. The topological polar surface area (TPSA) is 88.3 Å². The smallest absolute Gasteiger partial charge is 0.266 e. The van der Waals surface area contributed by atoms with Crippen molar-refractivity contribution in [1.82, 2.24) is 15.2 Å². The van der Waals surface area contributed by atoms with Gasteiger partial charge in [-0.3, -0.25) is 9.59 Å². The van der Waals surface area contributed by atoms with E-state index in [0.717, 1.165) is 17.8 Å². The number of anilines is 1. The molecule has 0 spiro atoms. The van der Waals surface area contributed by atoms with E-state index in [1.807, 2.05) is 6.92 Å². The fourth-order valence-corrected chi connectivity index (χ4v) is 2.34. The molecule has 0 atom stereocenters. The predicted octanol–water partition coefficient (Wildman–Crippen LogP) is 0.632. The second kappa shape index (κ2) is 6.34. The van der Waals surface area contributed by atoms with Gasteiger partial charge in [0.25, 0.3) is 5.91 Å². The Bertz CT molecular complexity index is 444. The monoisotopic (exact) mass is 270 g/mol. The average Bonchev–Trinajstić information content (AvgIpc) is 2.66. The van der Waals surface area contributed by atoms with Crippen molar-refractivity contribution in [3.05, 3.63) is 10.6 Å². The van der Waals surface area contributed by atoms with Crippen LogP contribution >= 0.6 is 11.3 Å². The number of carbonyl (C=O) groups is 2. The van der Waals surface area contributed by atoms with E-state index in [-0.39, 0.29) is 18.4 Å². The molecule has 0 unspecified atom stereocenters. The molecule has 0 saturated carbocycles. The first-order valence-corrected chi connectivity index (χ1v) is 6.54. The molecule has 1 aromatic rings. The third-order valence-electron chi connectivity index (χ3n) is 2.40. The molecule has 1 rings (SSSR count). The third kappa shape index (κ3) is 3.43. The summed E-state index contributed by atoms with van der Waals surface area (Å²) in [6.07, 6.45) is 0.788. The van der Waals surface area contributed by atoms with Gasteiger partial charge in [-0.1, -0.05) is 18.3 Å². The Balaban J connectivity index is 2.88. The van der Waals surface area contributed by atoms with E-state index in [9.17, 15) is 9.59 Å². The van der Waals surface area contributed by atoms with Crippen LogP contribution < -0.4 is 11.1 Å². The largest absolute Gasteiger partial charge is 0.375 e. The fourth-order valence-electron chi connectivity index (χ4n) is 1.53. The molecule has 2 amide bonds. The van der Waals surface area contributed by atoms with Gasteiger partial charge in [0.15, 0.2) is 5.13 Å². The van der Waals surface area contributed by atoms with Gasteiger partial charge in [0, 0.05) is 13.6 Å². The van der Waals surface area contributed by atoms with Crippen molar-refractivity contribution >= 4 is 28.3 Å². The number of hydrogen-bond donors (Lipinski definition) is 2. The number of nitrogens with one attached hydrogen (secondary N) is 1. The van der Waals surface area contributed by atoms with Crippen LogP contribution in [0.5, 0.6) is 0 Å². The molecule has 100 valence electrons. The number of thiazole rings is 1. The van der Waals surface area contributed by atoms with Crippen LogP contribution in [0.25, 0.3) is 0 Å². The Hall–Kier alpha value is -1.63. The first-order valence-electron chi connectivity index (χ1n) is 5.72. The minimum Gasteiger partial charge on any atom is -0.375 e. The number of nitrogens with zero attached hydrogens (tertiary/aromatic N) is 2. The summed E-state index contributed by atoms with van der Waals surface area (Å²) in [5.41, 5.74) is 6.19. The van der Waals surface area contributed by atoms with E-state index in [1.165, 1.54) is 4.90 Å². The number of hydrogen-bond acceptors (Lipinski definition) is 5. The molecule has 0 saturated heterocycles. The van der Waals surface area contributed by atoms with Crippen LogP contribution in [0, 0.1) is 6.92 Å². The Morgan fingerprint density at radius 2 is 2.17 bits per heavy atom.